The van der Waals surface area contributed by atoms with Crippen LogP contribution >= 0.6 is 45.9 Å². The van der Waals surface area contributed by atoms with Crippen LogP contribution in [0.25, 0.3) is 10.2 Å². The van der Waals surface area contributed by atoms with Crippen molar-refractivity contribution in [3.8, 4) is 0 Å². The molecule has 0 aliphatic heterocycles. The molecule has 0 aliphatic rings. The summed E-state index contributed by atoms with van der Waals surface area (Å²) in [4.78, 5) is 23.9. The molecule has 1 amide bonds. The summed E-state index contributed by atoms with van der Waals surface area (Å²) in [7, 11) is 0. The molecule has 3 aromatic heterocycles. The van der Waals surface area contributed by atoms with Gasteiger partial charge >= 0.3 is 0 Å². The molecule has 1 aromatic carbocycles. The van der Waals surface area contributed by atoms with E-state index >= 15 is 0 Å². The van der Waals surface area contributed by atoms with Crippen LogP contribution in [-0.2, 0) is 6.54 Å². The highest BCUT2D eigenvalue weighted by molar-refractivity contribution is 7.22. The number of imidazole rings is 1. The summed E-state index contributed by atoms with van der Waals surface area (Å²) in [5.74, 6) is -0.183. The van der Waals surface area contributed by atoms with Crippen molar-refractivity contribution in [3.05, 3.63) is 62.3 Å². The third-order valence-corrected chi connectivity index (χ3v) is 7.33. The number of halogens is 2. The number of hydrogen-bond acceptors (Lipinski definition) is 5. The highest BCUT2D eigenvalue weighted by Crippen LogP contribution is 2.36. The normalized spacial score (nSPS) is 11.3. The number of rotatable bonds is 6. The van der Waals surface area contributed by atoms with Gasteiger partial charge in [-0.3, -0.25) is 9.69 Å². The molecule has 3 heterocycles. The first-order valence-electron chi connectivity index (χ1n) is 9.03. The fourth-order valence-corrected chi connectivity index (χ4v) is 5.57. The molecule has 150 valence electrons. The Kier molecular flexibility index (Phi) is 5.92. The van der Waals surface area contributed by atoms with Crippen molar-refractivity contribution in [2.45, 2.75) is 26.8 Å². The van der Waals surface area contributed by atoms with E-state index in [-0.39, 0.29) is 5.91 Å². The maximum absolute atomic E-state index is 13.3. The van der Waals surface area contributed by atoms with Crippen LogP contribution in [0.1, 0.15) is 27.9 Å². The van der Waals surface area contributed by atoms with Gasteiger partial charge in [0.15, 0.2) is 5.13 Å². The number of carbonyl (C=O) groups excluding carboxylic acids is 1. The second-order valence-electron chi connectivity index (χ2n) is 6.70. The molecule has 0 saturated heterocycles. The number of aromatic nitrogens is 3. The Morgan fingerprint density at radius 3 is 2.76 bits per heavy atom. The van der Waals surface area contributed by atoms with Gasteiger partial charge in [-0.2, -0.15) is 0 Å². The van der Waals surface area contributed by atoms with Crippen molar-refractivity contribution in [2.24, 2.45) is 0 Å². The highest BCUT2D eigenvalue weighted by Gasteiger charge is 2.25. The number of aryl methyl sites for hydroxylation is 3. The molecule has 0 spiro atoms. The zero-order chi connectivity index (χ0) is 20.5. The standard InChI is InChI=1S/C20H18Cl2N4OS2/c1-12-4-5-15-17(13(12)2)24-20(28-15)26(8-3-7-25-9-6-23-11-25)19(27)14-10-16(21)29-18(14)22/h4-6,9-11H,3,7-8H2,1-2H3. The number of fused-ring (bicyclic) bond motifs is 1. The zero-order valence-electron chi connectivity index (χ0n) is 15.9. The Morgan fingerprint density at radius 1 is 1.24 bits per heavy atom. The molecular formula is C20H18Cl2N4OS2. The Labute approximate surface area is 186 Å². The summed E-state index contributed by atoms with van der Waals surface area (Å²) in [6.45, 7) is 5.39. The molecule has 0 aliphatic carbocycles. The minimum atomic E-state index is -0.183. The molecule has 9 heteroatoms. The number of benzene rings is 1. The van der Waals surface area contributed by atoms with E-state index in [0.717, 1.165) is 28.7 Å². The first-order valence-corrected chi connectivity index (χ1v) is 11.4. The Hall–Kier alpha value is -1.93. The summed E-state index contributed by atoms with van der Waals surface area (Å²) in [6.07, 6.45) is 6.18. The van der Waals surface area contributed by atoms with Crippen molar-refractivity contribution in [2.75, 3.05) is 11.4 Å². The lowest BCUT2D eigenvalue weighted by Crippen LogP contribution is -2.32. The maximum Gasteiger partial charge on any atom is 0.262 e. The fourth-order valence-electron chi connectivity index (χ4n) is 3.08. The van der Waals surface area contributed by atoms with Crippen molar-refractivity contribution >= 4 is 67.1 Å². The molecule has 0 fully saturated rings. The number of hydrogen-bond donors (Lipinski definition) is 0. The van der Waals surface area contributed by atoms with Gasteiger partial charge in [0, 0.05) is 25.5 Å². The van der Waals surface area contributed by atoms with Crippen LogP contribution in [0.15, 0.2) is 36.9 Å². The molecule has 4 aromatic rings. The van der Waals surface area contributed by atoms with Crippen LogP contribution in [0, 0.1) is 13.8 Å². The minimum absolute atomic E-state index is 0.183. The van der Waals surface area contributed by atoms with Gasteiger partial charge in [-0.15, -0.1) is 11.3 Å². The van der Waals surface area contributed by atoms with Gasteiger partial charge in [-0.1, -0.05) is 40.6 Å². The molecular weight excluding hydrogens is 447 g/mol. The van der Waals surface area contributed by atoms with E-state index in [1.807, 2.05) is 10.8 Å². The average molecular weight is 465 g/mol. The molecule has 5 nitrogen and oxygen atoms in total. The van der Waals surface area contributed by atoms with Gasteiger partial charge < -0.3 is 4.57 Å². The van der Waals surface area contributed by atoms with E-state index in [0.29, 0.717) is 25.9 Å². The Balaban J connectivity index is 1.68. The molecule has 0 unspecified atom stereocenters. The third kappa shape index (κ3) is 4.19. The van der Waals surface area contributed by atoms with Crippen LogP contribution in [0.2, 0.25) is 8.67 Å². The summed E-state index contributed by atoms with van der Waals surface area (Å²) < 4.78 is 3.94. The Morgan fingerprint density at radius 2 is 2.07 bits per heavy atom. The van der Waals surface area contributed by atoms with Crippen molar-refractivity contribution in [1.82, 2.24) is 14.5 Å². The van der Waals surface area contributed by atoms with Gasteiger partial charge in [0.25, 0.3) is 5.91 Å². The quantitative estimate of drug-likeness (QED) is 0.340. The number of anilines is 1. The van der Waals surface area contributed by atoms with Gasteiger partial charge in [0.2, 0.25) is 0 Å². The molecule has 0 saturated carbocycles. The first-order chi connectivity index (χ1) is 13.9. The van der Waals surface area contributed by atoms with E-state index in [4.69, 9.17) is 28.2 Å². The van der Waals surface area contributed by atoms with Crippen LogP contribution in [0.3, 0.4) is 0 Å². The van der Waals surface area contributed by atoms with Gasteiger partial charge in [0.1, 0.15) is 4.34 Å². The lowest BCUT2D eigenvalue weighted by Gasteiger charge is -2.19. The van der Waals surface area contributed by atoms with Crippen molar-refractivity contribution in [1.29, 1.82) is 0 Å². The van der Waals surface area contributed by atoms with E-state index < -0.39 is 0 Å². The number of carbonyl (C=O) groups is 1. The van der Waals surface area contributed by atoms with Gasteiger partial charge in [-0.05, 0) is 43.5 Å². The second kappa shape index (κ2) is 8.44. The maximum atomic E-state index is 13.3. The fraction of sp³-hybridized carbons (Fsp3) is 0.250. The summed E-state index contributed by atoms with van der Waals surface area (Å²) in [6, 6.07) is 5.77. The van der Waals surface area contributed by atoms with E-state index in [1.54, 1.807) is 23.5 Å². The van der Waals surface area contributed by atoms with Gasteiger partial charge in [0.05, 0.1) is 26.4 Å². The monoisotopic (exact) mass is 464 g/mol. The van der Waals surface area contributed by atoms with Crippen molar-refractivity contribution < 1.29 is 4.79 Å². The van der Waals surface area contributed by atoms with Crippen LogP contribution in [-0.4, -0.2) is 27.0 Å². The molecule has 0 N–H and O–H groups in total. The molecule has 0 bridgehead atoms. The smallest absolute Gasteiger partial charge is 0.262 e. The van der Waals surface area contributed by atoms with E-state index in [9.17, 15) is 4.79 Å². The van der Waals surface area contributed by atoms with Crippen LogP contribution in [0.4, 0.5) is 5.13 Å². The van der Waals surface area contributed by atoms with Crippen LogP contribution in [0.5, 0.6) is 0 Å². The predicted molar refractivity (Wildman–Crippen MR) is 122 cm³/mol. The average Bonchev–Trinajstić information content (AvgIpc) is 3.41. The molecule has 0 radical (unpaired) electrons. The third-order valence-electron chi connectivity index (χ3n) is 4.79. The number of amides is 1. The minimum Gasteiger partial charge on any atom is -0.337 e. The van der Waals surface area contributed by atoms with E-state index in [1.165, 1.54) is 28.2 Å². The SMILES string of the molecule is Cc1ccc2sc(N(CCCn3ccnc3)C(=O)c3cc(Cl)sc3Cl)nc2c1C. The first kappa shape index (κ1) is 20.3. The number of thiazole rings is 1. The van der Waals surface area contributed by atoms with Crippen LogP contribution < -0.4 is 4.90 Å². The second-order valence-corrected chi connectivity index (χ2v) is 9.99. The summed E-state index contributed by atoms with van der Waals surface area (Å²) >= 11 is 15.1. The zero-order valence-corrected chi connectivity index (χ0v) is 19.0. The lowest BCUT2D eigenvalue weighted by atomic mass is 10.1. The number of nitrogens with zero attached hydrogens (tertiary/aromatic N) is 4. The van der Waals surface area contributed by atoms with Crippen molar-refractivity contribution in [3.63, 3.8) is 0 Å². The largest absolute Gasteiger partial charge is 0.337 e. The predicted octanol–water partition coefficient (Wildman–Crippen LogP) is 6.22. The van der Waals surface area contributed by atoms with E-state index in [2.05, 4.69) is 31.0 Å². The topological polar surface area (TPSA) is 51.0 Å². The molecule has 0 atom stereocenters. The summed E-state index contributed by atoms with van der Waals surface area (Å²) in [5, 5.41) is 0.669. The van der Waals surface area contributed by atoms with Gasteiger partial charge in [-0.25, -0.2) is 9.97 Å². The number of thiophene rings is 1. The molecule has 29 heavy (non-hydrogen) atoms. The molecule has 4 rings (SSSR count). The Bertz CT molecular complexity index is 1170. The summed E-state index contributed by atoms with van der Waals surface area (Å²) in [5.41, 5.74) is 3.66. The lowest BCUT2D eigenvalue weighted by molar-refractivity contribution is 0.0987. The highest BCUT2D eigenvalue weighted by atomic mass is 35.5.